The van der Waals surface area contributed by atoms with Crippen LogP contribution < -0.4 is 0 Å². The van der Waals surface area contributed by atoms with Crippen molar-refractivity contribution >= 4 is 11.3 Å². The summed E-state index contributed by atoms with van der Waals surface area (Å²) < 4.78 is 28.1. The summed E-state index contributed by atoms with van der Waals surface area (Å²) in [6.45, 7) is 3.82. The second kappa shape index (κ2) is 8.20. The zero-order chi connectivity index (χ0) is 18.5. The summed E-state index contributed by atoms with van der Waals surface area (Å²) in [5, 5.41) is 9.66. The normalized spacial score (nSPS) is 10.5. The van der Waals surface area contributed by atoms with E-state index in [4.69, 9.17) is 0 Å². The zero-order valence-electron chi connectivity index (χ0n) is 14.6. The van der Waals surface area contributed by atoms with Gasteiger partial charge in [-0.2, -0.15) is 0 Å². The van der Waals surface area contributed by atoms with Gasteiger partial charge in [0, 0.05) is 6.42 Å². The summed E-state index contributed by atoms with van der Waals surface area (Å²) in [6.07, 6.45) is 3.06. The van der Waals surface area contributed by atoms with Gasteiger partial charge in [-0.3, -0.25) is 0 Å². The Labute approximate surface area is 155 Å². The topological polar surface area (TPSA) is 25.8 Å². The van der Waals surface area contributed by atoms with Crippen LogP contribution in [0.3, 0.4) is 0 Å². The highest BCUT2D eigenvalue weighted by molar-refractivity contribution is 7.11. The average molecular weight is 368 g/mol. The third kappa shape index (κ3) is 4.33. The first-order valence-corrected chi connectivity index (χ1v) is 9.29. The summed E-state index contributed by atoms with van der Waals surface area (Å²) in [4.78, 5) is 0. The maximum absolute atomic E-state index is 14.4. The maximum Gasteiger partial charge on any atom is 0.191 e. The van der Waals surface area contributed by atoms with Crippen LogP contribution in [-0.2, 0) is 6.42 Å². The highest BCUT2D eigenvalue weighted by Crippen LogP contribution is 2.24. The van der Waals surface area contributed by atoms with Crippen LogP contribution in [0.1, 0.15) is 40.9 Å². The van der Waals surface area contributed by atoms with Crippen molar-refractivity contribution in [1.82, 2.24) is 10.2 Å². The van der Waals surface area contributed by atoms with E-state index in [2.05, 4.69) is 29.0 Å². The summed E-state index contributed by atoms with van der Waals surface area (Å²) in [5.41, 5.74) is 2.10. The molecule has 1 aromatic heterocycles. The molecule has 0 aliphatic rings. The lowest BCUT2D eigenvalue weighted by Crippen LogP contribution is -1.88. The smallest absolute Gasteiger partial charge is 0.191 e. The molecule has 0 fully saturated rings. The second-order valence-electron chi connectivity index (χ2n) is 6.01. The monoisotopic (exact) mass is 368 g/mol. The molecule has 0 unspecified atom stereocenters. The standard InChI is InChI=1S/C21H18F2N2S/c1-3-4-5-20-24-25-21(26-20)11-10-15-8-9-17(13-19(15)23)16-7-6-14(2)18(22)12-16/h6-9,12-13H,3-5H2,1-2H3. The molecule has 0 aliphatic heterocycles. The first-order chi connectivity index (χ1) is 12.6. The Morgan fingerprint density at radius 3 is 2.38 bits per heavy atom. The molecule has 0 aliphatic carbocycles. The fourth-order valence-electron chi connectivity index (χ4n) is 2.42. The molecule has 0 N–H and O–H groups in total. The summed E-state index contributed by atoms with van der Waals surface area (Å²) in [6, 6.07) is 9.59. The van der Waals surface area contributed by atoms with E-state index in [1.54, 1.807) is 31.2 Å². The number of aryl methyl sites for hydroxylation is 2. The van der Waals surface area contributed by atoms with Gasteiger partial charge in [0.2, 0.25) is 0 Å². The summed E-state index contributed by atoms with van der Waals surface area (Å²) in [7, 11) is 0. The molecule has 132 valence electrons. The SMILES string of the molecule is CCCCc1nnc(C#Cc2ccc(-c3ccc(C)c(F)c3)cc2F)s1. The molecule has 0 spiro atoms. The van der Waals surface area contributed by atoms with Gasteiger partial charge < -0.3 is 0 Å². The van der Waals surface area contributed by atoms with Crippen LogP contribution in [0.5, 0.6) is 0 Å². The lowest BCUT2D eigenvalue weighted by Gasteiger charge is -2.05. The summed E-state index contributed by atoms with van der Waals surface area (Å²) in [5.74, 6) is 4.93. The van der Waals surface area contributed by atoms with Gasteiger partial charge in [0.25, 0.3) is 0 Å². The summed E-state index contributed by atoms with van der Waals surface area (Å²) >= 11 is 1.44. The molecular formula is C21H18F2N2S. The molecule has 2 nitrogen and oxygen atoms in total. The lowest BCUT2D eigenvalue weighted by molar-refractivity contribution is 0.618. The van der Waals surface area contributed by atoms with Crippen molar-refractivity contribution in [3.05, 3.63) is 69.2 Å². The number of rotatable bonds is 4. The van der Waals surface area contributed by atoms with Crippen molar-refractivity contribution in [2.75, 3.05) is 0 Å². The quantitative estimate of drug-likeness (QED) is 0.566. The molecule has 3 aromatic rings. The minimum absolute atomic E-state index is 0.284. The van der Waals surface area contributed by atoms with Crippen LogP contribution >= 0.6 is 11.3 Å². The molecule has 0 bridgehead atoms. The number of hydrogen-bond donors (Lipinski definition) is 0. The fraction of sp³-hybridized carbons (Fsp3) is 0.238. The number of nitrogens with zero attached hydrogens (tertiary/aromatic N) is 2. The van der Waals surface area contributed by atoms with Crippen LogP contribution in [0.4, 0.5) is 8.78 Å². The van der Waals surface area contributed by atoms with Crippen molar-refractivity contribution in [1.29, 1.82) is 0 Å². The van der Waals surface area contributed by atoms with Crippen LogP contribution in [-0.4, -0.2) is 10.2 Å². The van der Waals surface area contributed by atoms with Crippen LogP contribution in [0.2, 0.25) is 0 Å². The number of aromatic nitrogens is 2. The van der Waals surface area contributed by atoms with Gasteiger partial charge in [-0.05, 0) is 54.2 Å². The first kappa shape index (κ1) is 18.2. The van der Waals surface area contributed by atoms with E-state index in [-0.39, 0.29) is 11.4 Å². The Morgan fingerprint density at radius 1 is 0.962 bits per heavy atom. The van der Waals surface area contributed by atoms with Crippen LogP contribution in [0.25, 0.3) is 11.1 Å². The Morgan fingerprint density at radius 2 is 1.69 bits per heavy atom. The Balaban J connectivity index is 1.80. The molecule has 26 heavy (non-hydrogen) atoms. The van der Waals surface area contributed by atoms with Gasteiger partial charge in [0.15, 0.2) is 5.01 Å². The Bertz CT molecular complexity index is 983. The van der Waals surface area contributed by atoms with E-state index >= 15 is 0 Å². The lowest BCUT2D eigenvalue weighted by atomic mass is 10.0. The Kier molecular flexibility index (Phi) is 5.75. The molecule has 0 saturated heterocycles. The van der Waals surface area contributed by atoms with Gasteiger partial charge >= 0.3 is 0 Å². The predicted octanol–water partition coefficient (Wildman–Crippen LogP) is 5.53. The van der Waals surface area contributed by atoms with E-state index in [0.717, 1.165) is 24.3 Å². The van der Waals surface area contributed by atoms with Crippen molar-refractivity contribution in [2.24, 2.45) is 0 Å². The fourth-order valence-corrected chi connectivity index (χ4v) is 3.16. The largest absolute Gasteiger partial charge is 0.207 e. The molecule has 0 amide bonds. The highest BCUT2D eigenvalue weighted by atomic mass is 32.1. The van der Waals surface area contributed by atoms with Crippen molar-refractivity contribution < 1.29 is 8.78 Å². The zero-order valence-corrected chi connectivity index (χ0v) is 15.5. The maximum atomic E-state index is 14.4. The Hall–Kier alpha value is -2.58. The van der Waals surface area contributed by atoms with Crippen molar-refractivity contribution in [3.8, 4) is 23.0 Å². The molecule has 2 aromatic carbocycles. The minimum Gasteiger partial charge on any atom is -0.207 e. The highest BCUT2D eigenvalue weighted by Gasteiger charge is 2.06. The van der Waals surface area contributed by atoms with E-state index in [1.807, 2.05) is 0 Å². The second-order valence-corrected chi connectivity index (χ2v) is 7.08. The van der Waals surface area contributed by atoms with E-state index in [1.165, 1.54) is 23.5 Å². The van der Waals surface area contributed by atoms with Crippen molar-refractivity contribution in [3.63, 3.8) is 0 Å². The molecular weight excluding hydrogens is 350 g/mol. The van der Waals surface area contributed by atoms with E-state index in [9.17, 15) is 8.78 Å². The number of halogens is 2. The minimum atomic E-state index is -0.438. The molecule has 1 heterocycles. The van der Waals surface area contributed by atoms with Crippen LogP contribution in [0.15, 0.2) is 36.4 Å². The molecule has 5 heteroatoms. The predicted molar refractivity (Wildman–Crippen MR) is 101 cm³/mol. The van der Waals surface area contributed by atoms with E-state index < -0.39 is 5.82 Å². The van der Waals surface area contributed by atoms with Gasteiger partial charge in [0.1, 0.15) is 16.6 Å². The van der Waals surface area contributed by atoms with Crippen molar-refractivity contribution in [2.45, 2.75) is 33.1 Å². The van der Waals surface area contributed by atoms with Gasteiger partial charge in [-0.25, -0.2) is 8.78 Å². The van der Waals surface area contributed by atoms with Gasteiger partial charge in [-0.15, -0.1) is 10.2 Å². The average Bonchev–Trinajstić information content (AvgIpc) is 3.09. The third-order valence-corrected chi connectivity index (χ3v) is 4.89. The number of unbranched alkanes of at least 4 members (excludes halogenated alkanes) is 1. The number of hydrogen-bond acceptors (Lipinski definition) is 3. The molecule has 0 saturated carbocycles. The van der Waals surface area contributed by atoms with Gasteiger partial charge in [-0.1, -0.05) is 48.8 Å². The van der Waals surface area contributed by atoms with Crippen LogP contribution in [0, 0.1) is 30.4 Å². The molecule has 3 rings (SSSR count). The first-order valence-electron chi connectivity index (χ1n) is 8.47. The van der Waals surface area contributed by atoms with E-state index in [0.29, 0.717) is 21.7 Å². The molecule has 0 radical (unpaired) electrons. The number of benzene rings is 2. The molecule has 0 atom stereocenters. The van der Waals surface area contributed by atoms with Gasteiger partial charge in [0.05, 0.1) is 5.56 Å². The third-order valence-electron chi connectivity index (χ3n) is 3.99.